The van der Waals surface area contributed by atoms with Crippen LogP contribution < -0.4 is 4.74 Å². The summed E-state index contributed by atoms with van der Waals surface area (Å²) in [6, 6.07) is 13.4. The first-order chi connectivity index (χ1) is 11.2. The Kier molecular flexibility index (Phi) is 5.15. The van der Waals surface area contributed by atoms with Gasteiger partial charge >= 0.3 is 0 Å². The van der Waals surface area contributed by atoms with Gasteiger partial charge in [0.15, 0.2) is 11.6 Å². The monoisotopic (exact) mass is 350 g/mol. The fraction of sp³-hybridized carbons (Fsp3) is 0.125. The van der Waals surface area contributed by atoms with Crippen molar-refractivity contribution < 1.29 is 13.5 Å². The molecule has 23 heavy (non-hydrogen) atoms. The number of benzene rings is 2. The Hall–Kier alpha value is -2.05. The molecule has 0 aliphatic rings. The molecule has 1 aromatic heterocycles. The standard InChI is InChI=1S/C16H12ClFN2O2S/c17-12-7-5-11(6-8-12)15-19-20-16(22-15)23-10-9-21-14-4-2-1-3-13(14)18/h1-8H,9-10H2. The second kappa shape index (κ2) is 7.48. The maximum Gasteiger partial charge on any atom is 0.276 e. The van der Waals surface area contributed by atoms with Gasteiger partial charge in [0.1, 0.15) is 0 Å². The van der Waals surface area contributed by atoms with Crippen molar-refractivity contribution in [2.45, 2.75) is 5.22 Å². The van der Waals surface area contributed by atoms with E-state index in [1.54, 1.807) is 30.3 Å². The van der Waals surface area contributed by atoms with E-state index in [1.807, 2.05) is 12.1 Å². The summed E-state index contributed by atoms with van der Waals surface area (Å²) in [5.74, 6) is 0.858. The van der Waals surface area contributed by atoms with Gasteiger partial charge in [-0.2, -0.15) is 0 Å². The Morgan fingerprint density at radius 3 is 2.65 bits per heavy atom. The predicted molar refractivity (Wildman–Crippen MR) is 87.4 cm³/mol. The molecule has 118 valence electrons. The molecule has 0 N–H and O–H groups in total. The quantitative estimate of drug-likeness (QED) is 0.476. The van der Waals surface area contributed by atoms with Crippen molar-refractivity contribution in [2.24, 2.45) is 0 Å². The van der Waals surface area contributed by atoms with Gasteiger partial charge in [-0.1, -0.05) is 35.5 Å². The number of ether oxygens (including phenoxy) is 1. The number of nitrogens with zero attached hydrogens (tertiary/aromatic N) is 2. The van der Waals surface area contributed by atoms with E-state index in [9.17, 15) is 4.39 Å². The van der Waals surface area contributed by atoms with Gasteiger partial charge in [-0.05, 0) is 36.4 Å². The second-order valence-electron chi connectivity index (χ2n) is 4.51. The molecule has 0 fully saturated rings. The highest BCUT2D eigenvalue weighted by Crippen LogP contribution is 2.24. The number of hydrogen-bond acceptors (Lipinski definition) is 5. The summed E-state index contributed by atoms with van der Waals surface area (Å²) >= 11 is 7.19. The highest BCUT2D eigenvalue weighted by atomic mass is 35.5. The minimum absolute atomic E-state index is 0.237. The third-order valence-corrected chi connectivity index (χ3v) is 3.94. The maximum atomic E-state index is 13.4. The fourth-order valence-electron chi connectivity index (χ4n) is 1.82. The van der Waals surface area contributed by atoms with Gasteiger partial charge in [-0.15, -0.1) is 10.2 Å². The lowest BCUT2D eigenvalue weighted by atomic mass is 10.2. The van der Waals surface area contributed by atoms with Crippen LogP contribution in [0.3, 0.4) is 0 Å². The van der Waals surface area contributed by atoms with E-state index in [2.05, 4.69) is 10.2 Å². The summed E-state index contributed by atoms with van der Waals surface area (Å²) in [6.07, 6.45) is 0. The van der Waals surface area contributed by atoms with Crippen LogP contribution in [-0.2, 0) is 0 Å². The van der Waals surface area contributed by atoms with Gasteiger partial charge in [-0.3, -0.25) is 0 Å². The average Bonchev–Trinajstić information content (AvgIpc) is 3.03. The third-order valence-electron chi connectivity index (χ3n) is 2.90. The molecular formula is C16H12ClFN2O2S. The number of aromatic nitrogens is 2. The molecule has 0 saturated heterocycles. The van der Waals surface area contributed by atoms with Gasteiger partial charge in [0, 0.05) is 16.3 Å². The smallest absolute Gasteiger partial charge is 0.276 e. The summed E-state index contributed by atoms with van der Waals surface area (Å²) < 4.78 is 24.3. The fourth-order valence-corrected chi connectivity index (χ4v) is 2.52. The molecule has 4 nitrogen and oxygen atoms in total. The number of rotatable bonds is 6. The Morgan fingerprint density at radius 1 is 1.09 bits per heavy atom. The Balaban J connectivity index is 1.52. The highest BCUT2D eigenvalue weighted by molar-refractivity contribution is 7.99. The van der Waals surface area contributed by atoms with E-state index >= 15 is 0 Å². The third kappa shape index (κ3) is 4.24. The summed E-state index contributed by atoms with van der Waals surface area (Å²) in [6.45, 7) is 0.338. The molecule has 0 unspecified atom stereocenters. The lowest BCUT2D eigenvalue weighted by molar-refractivity contribution is 0.324. The molecule has 0 aliphatic heterocycles. The van der Waals surface area contributed by atoms with Crippen LogP contribution in [0.25, 0.3) is 11.5 Å². The SMILES string of the molecule is Fc1ccccc1OCCSc1nnc(-c2ccc(Cl)cc2)o1. The molecule has 0 bridgehead atoms. The summed E-state index contributed by atoms with van der Waals surface area (Å²) in [5, 5.41) is 9.03. The molecular weight excluding hydrogens is 339 g/mol. The maximum absolute atomic E-state index is 13.4. The zero-order chi connectivity index (χ0) is 16.1. The first-order valence-corrected chi connectivity index (χ1v) is 8.18. The number of thioether (sulfide) groups is 1. The van der Waals surface area contributed by atoms with E-state index in [0.29, 0.717) is 28.5 Å². The van der Waals surface area contributed by atoms with Crippen LogP contribution in [0.4, 0.5) is 4.39 Å². The first-order valence-electron chi connectivity index (χ1n) is 6.82. The van der Waals surface area contributed by atoms with E-state index in [1.165, 1.54) is 17.8 Å². The number of hydrogen-bond donors (Lipinski definition) is 0. The van der Waals surface area contributed by atoms with E-state index < -0.39 is 0 Å². The molecule has 3 aromatic rings. The molecule has 0 amide bonds. The Bertz CT molecular complexity index is 780. The zero-order valence-electron chi connectivity index (χ0n) is 11.9. The molecule has 2 aromatic carbocycles. The van der Waals surface area contributed by atoms with Crippen LogP contribution in [-0.4, -0.2) is 22.6 Å². The number of para-hydroxylation sites is 1. The number of halogens is 2. The molecule has 0 saturated carbocycles. The van der Waals surface area contributed by atoms with Crippen molar-refractivity contribution in [3.05, 3.63) is 59.4 Å². The van der Waals surface area contributed by atoms with Crippen LogP contribution in [0.2, 0.25) is 5.02 Å². The van der Waals surface area contributed by atoms with E-state index in [-0.39, 0.29) is 11.6 Å². The van der Waals surface area contributed by atoms with Crippen LogP contribution in [0.1, 0.15) is 0 Å². The van der Waals surface area contributed by atoms with Crippen molar-refractivity contribution in [3.8, 4) is 17.2 Å². The summed E-state index contributed by atoms with van der Waals surface area (Å²) in [7, 11) is 0. The minimum Gasteiger partial charge on any atom is -0.490 e. The van der Waals surface area contributed by atoms with Crippen molar-refractivity contribution in [2.75, 3.05) is 12.4 Å². The lowest BCUT2D eigenvalue weighted by Crippen LogP contribution is -2.01. The van der Waals surface area contributed by atoms with Crippen LogP contribution in [0.15, 0.2) is 58.2 Å². The van der Waals surface area contributed by atoms with Gasteiger partial charge < -0.3 is 9.15 Å². The highest BCUT2D eigenvalue weighted by Gasteiger charge is 2.09. The zero-order valence-corrected chi connectivity index (χ0v) is 13.5. The van der Waals surface area contributed by atoms with Gasteiger partial charge in [0.05, 0.1) is 6.61 Å². The van der Waals surface area contributed by atoms with Gasteiger partial charge in [0.2, 0.25) is 5.89 Å². The molecule has 0 aliphatic carbocycles. The van der Waals surface area contributed by atoms with Gasteiger partial charge in [-0.25, -0.2) is 4.39 Å². The summed E-state index contributed by atoms with van der Waals surface area (Å²) in [5.41, 5.74) is 0.802. The van der Waals surface area contributed by atoms with E-state index in [4.69, 9.17) is 20.8 Å². The largest absolute Gasteiger partial charge is 0.490 e. The van der Waals surface area contributed by atoms with Crippen molar-refractivity contribution in [1.29, 1.82) is 0 Å². The Labute approximate surface area is 141 Å². The Morgan fingerprint density at radius 2 is 1.87 bits per heavy atom. The molecule has 0 atom stereocenters. The van der Waals surface area contributed by atoms with Crippen LogP contribution in [0, 0.1) is 5.82 Å². The normalized spacial score (nSPS) is 10.7. The first kappa shape index (κ1) is 15.8. The summed E-state index contributed by atoms with van der Waals surface area (Å²) in [4.78, 5) is 0. The average molecular weight is 351 g/mol. The van der Waals surface area contributed by atoms with Crippen LogP contribution >= 0.6 is 23.4 Å². The van der Waals surface area contributed by atoms with Gasteiger partial charge in [0.25, 0.3) is 5.22 Å². The molecule has 1 heterocycles. The molecule has 0 radical (unpaired) electrons. The van der Waals surface area contributed by atoms with E-state index in [0.717, 1.165) is 5.56 Å². The molecule has 7 heteroatoms. The molecule has 0 spiro atoms. The lowest BCUT2D eigenvalue weighted by Gasteiger charge is -2.05. The second-order valence-corrected chi connectivity index (χ2v) is 5.99. The van der Waals surface area contributed by atoms with Crippen molar-refractivity contribution >= 4 is 23.4 Å². The topological polar surface area (TPSA) is 48.2 Å². The van der Waals surface area contributed by atoms with Crippen molar-refractivity contribution in [3.63, 3.8) is 0 Å². The van der Waals surface area contributed by atoms with Crippen LogP contribution in [0.5, 0.6) is 5.75 Å². The van der Waals surface area contributed by atoms with Crippen molar-refractivity contribution in [1.82, 2.24) is 10.2 Å². The minimum atomic E-state index is -0.375. The predicted octanol–water partition coefficient (Wildman–Crippen LogP) is 4.70. The molecule has 3 rings (SSSR count).